The summed E-state index contributed by atoms with van der Waals surface area (Å²) in [6.45, 7) is 2.54. The van der Waals surface area contributed by atoms with Crippen LogP contribution in [0.1, 0.15) is 33.6 Å². The number of imidazole rings is 1. The van der Waals surface area contributed by atoms with E-state index in [1.165, 1.54) is 7.11 Å². The van der Waals surface area contributed by atoms with E-state index in [0.29, 0.717) is 61.8 Å². The first-order valence-electron chi connectivity index (χ1n) is 14.1. The average Bonchev–Trinajstić information content (AvgIpc) is 3.51. The first-order valence-corrected chi connectivity index (χ1v) is 14.1. The number of carbonyl (C=O) groups is 1. The van der Waals surface area contributed by atoms with Crippen molar-refractivity contribution in [3.8, 4) is 11.4 Å². The molecular weight excluding hydrogens is 540 g/mol. The van der Waals surface area contributed by atoms with Gasteiger partial charge in [-0.3, -0.25) is 0 Å². The number of methoxy groups -OCH3 is 2. The second-order valence-corrected chi connectivity index (χ2v) is 10.7. The second-order valence-electron chi connectivity index (χ2n) is 10.7. The number of aromatic nitrogens is 3. The average molecular weight is 574 g/mol. The number of hydrogen-bond donors (Lipinski definition) is 0. The topological polar surface area (TPSA) is 67.5 Å². The molecule has 3 aromatic carbocycles. The Morgan fingerprint density at radius 3 is 2.52 bits per heavy atom. The van der Waals surface area contributed by atoms with Crippen molar-refractivity contribution in [2.24, 2.45) is 0 Å². The number of hydrogen-bond acceptors (Lipinski definition) is 5. The predicted molar refractivity (Wildman–Crippen MR) is 157 cm³/mol. The number of alkyl halides is 2. The van der Waals surface area contributed by atoms with Crippen LogP contribution in [-0.2, 0) is 46.7 Å². The van der Waals surface area contributed by atoms with E-state index in [1.807, 2.05) is 59.2 Å². The highest BCUT2D eigenvalue weighted by atomic mass is 19.3. The van der Waals surface area contributed by atoms with Gasteiger partial charge in [0, 0.05) is 55.2 Å². The van der Waals surface area contributed by atoms with Crippen LogP contribution in [0.2, 0.25) is 0 Å². The number of halogens is 2. The van der Waals surface area contributed by atoms with Gasteiger partial charge in [-0.25, -0.2) is 18.6 Å². The van der Waals surface area contributed by atoms with Gasteiger partial charge < -0.3 is 23.3 Å². The lowest BCUT2D eigenvalue weighted by Gasteiger charge is -2.23. The fraction of sp³-hybridized carbons (Fsp3) is 0.333. The molecule has 2 heterocycles. The Bertz CT molecular complexity index is 1740. The molecule has 0 saturated carbocycles. The number of rotatable bonds is 10. The molecule has 0 spiro atoms. The van der Waals surface area contributed by atoms with E-state index >= 15 is 0 Å². The van der Waals surface area contributed by atoms with Crippen molar-refractivity contribution in [3.05, 3.63) is 89.1 Å². The summed E-state index contributed by atoms with van der Waals surface area (Å²) in [4.78, 5) is 17.0. The summed E-state index contributed by atoms with van der Waals surface area (Å²) in [6, 6.07) is 21.2. The van der Waals surface area contributed by atoms with Gasteiger partial charge in [0.1, 0.15) is 5.82 Å². The Kier molecular flexibility index (Phi) is 7.79. The van der Waals surface area contributed by atoms with Gasteiger partial charge in [0.25, 0.3) is 5.92 Å². The lowest BCUT2D eigenvalue weighted by atomic mass is 9.92. The molecule has 0 N–H and O–H groups in total. The molecule has 0 unspecified atom stereocenters. The fourth-order valence-corrected chi connectivity index (χ4v) is 5.93. The van der Waals surface area contributed by atoms with Crippen molar-refractivity contribution in [1.82, 2.24) is 14.1 Å². The molecule has 0 bridgehead atoms. The summed E-state index contributed by atoms with van der Waals surface area (Å²) >= 11 is 0. The Morgan fingerprint density at radius 1 is 0.952 bits per heavy atom. The van der Waals surface area contributed by atoms with Crippen molar-refractivity contribution < 1.29 is 27.8 Å². The highest BCUT2D eigenvalue weighted by Crippen LogP contribution is 2.40. The van der Waals surface area contributed by atoms with Crippen LogP contribution >= 0.6 is 0 Å². The molecule has 7 nitrogen and oxygen atoms in total. The minimum absolute atomic E-state index is 0.163. The van der Waals surface area contributed by atoms with Gasteiger partial charge in [-0.2, -0.15) is 0 Å². The van der Waals surface area contributed by atoms with Crippen molar-refractivity contribution in [3.63, 3.8) is 0 Å². The minimum Gasteiger partial charge on any atom is -0.465 e. The molecule has 1 aliphatic rings. The molecule has 2 aromatic heterocycles. The van der Waals surface area contributed by atoms with Crippen molar-refractivity contribution >= 4 is 27.9 Å². The first kappa shape index (κ1) is 28.1. The molecule has 5 aromatic rings. The van der Waals surface area contributed by atoms with E-state index in [2.05, 4.69) is 4.57 Å². The van der Waals surface area contributed by atoms with E-state index in [0.717, 1.165) is 33.2 Å². The van der Waals surface area contributed by atoms with Crippen LogP contribution in [0, 0.1) is 0 Å². The number of nitrogens with zero attached hydrogens (tertiary/aromatic N) is 3. The normalized spacial score (nSPS) is 14.4. The minimum atomic E-state index is -2.75. The molecule has 0 saturated heterocycles. The maximum atomic E-state index is 14.7. The van der Waals surface area contributed by atoms with Crippen LogP contribution in [0.3, 0.4) is 0 Å². The van der Waals surface area contributed by atoms with E-state index < -0.39 is 11.9 Å². The molecule has 6 rings (SSSR count). The van der Waals surface area contributed by atoms with Gasteiger partial charge >= 0.3 is 5.97 Å². The van der Waals surface area contributed by atoms with Crippen molar-refractivity contribution in [2.45, 2.75) is 44.9 Å². The number of ether oxygens (including phenoxy) is 3. The van der Waals surface area contributed by atoms with Crippen LogP contribution < -0.4 is 0 Å². The summed E-state index contributed by atoms with van der Waals surface area (Å²) < 4.78 is 49.8. The maximum Gasteiger partial charge on any atom is 0.337 e. The maximum absolute atomic E-state index is 14.7. The highest BCUT2D eigenvalue weighted by Gasteiger charge is 2.37. The number of benzene rings is 3. The Hall–Kier alpha value is -4.08. The Balaban J connectivity index is 1.39. The lowest BCUT2D eigenvalue weighted by molar-refractivity contribution is -0.0126. The number of carbonyl (C=O) groups excluding carboxylic acids is 1. The molecule has 0 atom stereocenters. The SMILES string of the molecule is COCCn1c(-c2ccc3c(c2)c2c(n3CCOCc3ccccc3)CCC(F)(F)C2)nc2cc(C(=O)OC)ccc21. The van der Waals surface area contributed by atoms with Gasteiger partial charge in [0.15, 0.2) is 0 Å². The molecule has 218 valence electrons. The van der Waals surface area contributed by atoms with E-state index in [4.69, 9.17) is 19.2 Å². The summed E-state index contributed by atoms with van der Waals surface area (Å²) in [5, 5.41) is 0.811. The predicted octanol–water partition coefficient (Wildman–Crippen LogP) is 6.43. The standard InChI is InChI=1S/C33H33F2N3O4/c1-40-16-14-38-30-11-9-24(32(39)41-2)19-27(30)36-31(38)23-8-10-28-25(18-23)26-20-33(34,35)13-12-29(26)37(28)15-17-42-21-22-6-4-3-5-7-22/h3-11,18-19H,12-17,20-21H2,1-2H3. The molecule has 1 aliphatic carbocycles. The van der Waals surface area contributed by atoms with Crippen LogP contribution in [0.5, 0.6) is 0 Å². The molecule has 0 aliphatic heterocycles. The zero-order valence-corrected chi connectivity index (χ0v) is 23.7. The van der Waals surface area contributed by atoms with Gasteiger partial charge in [0.05, 0.1) is 43.5 Å². The van der Waals surface area contributed by atoms with Gasteiger partial charge in [-0.1, -0.05) is 30.3 Å². The lowest BCUT2D eigenvalue weighted by Crippen LogP contribution is -2.26. The summed E-state index contributed by atoms with van der Waals surface area (Å²) in [6.07, 6.45) is -0.139. The van der Waals surface area contributed by atoms with Gasteiger partial charge in [0.2, 0.25) is 0 Å². The first-order chi connectivity index (χ1) is 20.4. The second kappa shape index (κ2) is 11.7. The molecule has 0 fully saturated rings. The highest BCUT2D eigenvalue weighted by molar-refractivity contribution is 5.95. The zero-order chi connectivity index (χ0) is 29.3. The summed E-state index contributed by atoms with van der Waals surface area (Å²) in [5.41, 5.74) is 6.36. The quantitative estimate of drug-likeness (QED) is 0.142. The van der Waals surface area contributed by atoms with Crippen molar-refractivity contribution in [2.75, 3.05) is 27.4 Å². The largest absolute Gasteiger partial charge is 0.465 e. The molecule has 42 heavy (non-hydrogen) atoms. The van der Waals surface area contributed by atoms with Gasteiger partial charge in [-0.15, -0.1) is 0 Å². The molecular formula is C33H33F2N3O4. The monoisotopic (exact) mass is 573 g/mol. The third kappa shape index (κ3) is 5.42. The van der Waals surface area contributed by atoms with Crippen LogP contribution in [0.4, 0.5) is 8.78 Å². The Labute approximate surface area is 242 Å². The van der Waals surface area contributed by atoms with Crippen LogP contribution in [-0.4, -0.2) is 53.4 Å². The fourth-order valence-electron chi connectivity index (χ4n) is 5.93. The van der Waals surface area contributed by atoms with Crippen LogP contribution in [0.25, 0.3) is 33.3 Å². The zero-order valence-electron chi connectivity index (χ0n) is 23.7. The van der Waals surface area contributed by atoms with E-state index in [1.54, 1.807) is 19.2 Å². The molecule has 9 heteroatoms. The Morgan fingerprint density at radius 2 is 1.74 bits per heavy atom. The summed E-state index contributed by atoms with van der Waals surface area (Å²) in [7, 11) is 2.98. The molecule has 0 amide bonds. The van der Waals surface area contributed by atoms with E-state index in [9.17, 15) is 13.6 Å². The third-order valence-corrected chi connectivity index (χ3v) is 7.97. The smallest absolute Gasteiger partial charge is 0.337 e. The van der Waals surface area contributed by atoms with Gasteiger partial charge in [-0.05, 0) is 53.9 Å². The third-order valence-electron chi connectivity index (χ3n) is 7.97. The van der Waals surface area contributed by atoms with E-state index in [-0.39, 0.29) is 12.8 Å². The molecule has 0 radical (unpaired) electrons. The number of fused-ring (bicyclic) bond motifs is 4. The van der Waals surface area contributed by atoms with Crippen molar-refractivity contribution in [1.29, 1.82) is 0 Å². The summed E-state index contributed by atoms with van der Waals surface area (Å²) in [5.74, 6) is -2.50. The van der Waals surface area contributed by atoms with Crippen LogP contribution in [0.15, 0.2) is 66.7 Å². The number of esters is 1.